The predicted molar refractivity (Wildman–Crippen MR) is 65.3 cm³/mol. The zero-order chi connectivity index (χ0) is 13.7. The summed E-state index contributed by atoms with van der Waals surface area (Å²) in [7, 11) is 0. The number of nitrogens with zero attached hydrogens (tertiary/aromatic N) is 3. The molecule has 1 heterocycles. The maximum atomic E-state index is 11.7. The first-order chi connectivity index (χ1) is 9.19. The van der Waals surface area contributed by atoms with Gasteiger partial charge < -0.3 is 9.84 Å². The quantitative estimate of drug-likeness (QED) is 0.797. The minimum Gasteiger partial charge on any atom is -0.479 e. The van der Waals surface area contributed by atoms with Gasteiger partial charge >= 0.3 is 5.97 Å². The number of carboxylic acid groups (broad SMARTS) is 1. The van der Waals surface area contributed by atoms with Gasteiger partial charge in [0.1, 0.15) is 0 Å². The van der Waals surface area contributed by atoms with Gasteiger partial charge in [0, 0.05) is 13.0 Å². The van der Waals surface area contributed by atoms with E-state index >= 15 is 0 Å². The van der Waals surface area contributed by atoms with Crippen molar-refractivity contribution in [2.24, 2.45) is 0 Å². The average Bonchev–Trinajstić information content (AvgIpc) is 2.93. The summed E-state index contributed by atoms with van der Waals surface area (Å²) in [6.07, 6.45) is 0.147. The molecule has 0 spiro atoms. The summed E-state index contributed by atoms with van der Waals surface area (Å²) in [4.78, 5) is 11.7. The van der Waals surface area contributed by atoms with Crippen LogP contribution in [0.2, 0.25) is 0 Å². The topological polar surface area (TPSA) is 101 Å². The first kappa shape index (κ1) is 13.2. The fraction of sp³-hybridized carbons (Fsp3) is 0.333. The molecule has 0 bridgehead atoms. The van der Waals surface area contributed by atoms with E-state index in [9.17, 15) is 9.90 Å². The molecule has 7 nitrogen and oxygen atoms in total. The van der Waals surface area contributed by atoms with E-state index in [-0.39, 0.29) is 18.9 Å². The Labute approximate surface area is 109 Å². The van der Waals surface area contributed by atoms with Crippen LogP contribution in [0.1, 0.15) is 18.3 Å². The van der Waals surface area contributed by atoms with Crippen molar-refractivity contribution in [3.05, 3.63) is 41.7 Å². The monoisotopic (exact) mass is 262 g/mol. The number of tetrazole rings is 1. The molecule has 1 aromatic heterocycles. The molecule has 2 rings (SSSR count). The molecule has 2 aromatic rings. The Morgan fingerprint density at radius 3 is 2.68 bits per heavy atom. The van der Waals surface area contributed by atoms with Crippen molar-refractivity contribution in [3.8, 4) is 0 Å². The largest absolute Gasteiger partial charge is 0.479 e. The number of aromatic amines is 1. The van der Waals surface area contributed by atoms with E-state index in [0.717, 1.165) is 5.56 Å². The van der Waals surface area contributed by atoms with E-state index in [4.69, 9.17) is 4.74 Å². The highest BCUT2D eigenvalue weighted by Gasteiger charge is 2.45. The van der Waals surface area contributed by atoms with Crippen LogP contribution in [0.5, 0.6) is 0 Å². The summed E-state index contributed by atoms with van der Waals surface area (Å²) in [5, 5.41) is 22.6. The van der Waals surface area contributed by atoms with Gasteiger partial charge in [0.2, 0.25) is 5.60 Å². The Hall–Kier alpha value is -2.28. The smallest absolute Gasteiger partial charge is 0.344 e. The number of hydrogen-bond donors (Lipinski definition) is 2. The van der Waals surface area contributed by atoms with E-state index in [1.165, 1.54) is 0 Å². The molecule has 0 fully saturated rings. The summed E-state index contributed by atoms with van der Waals surface area (Å²) in [6.45, 7) is 1.96. The van der Waals surface area contributed by atoms with Gasteiger partial charge in [-0.1, -0.05) is 30.3 Å². The Morgan fingerprint density at radius 1 is 1.42 bits per heavy atom. The fourth-order valence-corrected chi connectivity index (χ4v) is 1.90. The number of hydrogen-bond acceptors (Lipinski definition) is 5. The van der Waals surface area contributed by atoms with Gasteiger partial charge in [0.25, 0.3) is 0 Å². The summed E-state index contributed by atoms with van der Waals surface area (Å²) in [6, 6.07) is 9.21. The number of ether oxygens (including phenoxy) is 1. The number of carboxylic acids is 1. The molecule has 1 atom stereocenters. The number of nitrogens with one attached hydrogen (secondary N) is 1. The molecule has 0 amide bonds. The van der Waals surface area contributed by atoms with Gasteiger partial charge in [-0.05, 0) is 22.9 Å². The lowest BCUT2D eigenvalue weighted by molar-refractivity contribution is -0.168. The fourth-order valence-electron chi connectivity index (χ4n) is 1.90. The number of benzene rings is 1. The lowest BCUT2D eigenvalue weighted by Gasteiger charge is -2.26. The van der Waals surface area contributed by atoms with Crippen LogP contribution in [-0.2, 0) is 21.6 Å². The minimum atomic E-state index is -1.60. The number of aliphatic carboxylic acids is 1. The second-order valence-corrected chi connectivity index (χ2v) is 3.98. The summed E-state index contributed by atoms with van der Waals surface area (Å²) in [5.74, 6) is -1.04. The molecule has 0 aliphatic carbocycles. The van der Waals surface area contributed by atoms with Gasteiger partial charge in [0.15, 0.2) is 5.82 Å². The standard InChI is InChI=1S/C12H14N4O3/c1-2-19-12(11(17)18,10-13-15-16-14-10)8-9-6-4-3-5-7-9/h3-7H,2,8H2,1H3,(H,17,18)(H,13,14,15,16). The van der Waals surface area contributed by atoms with Crippen LogP contribution in [0.4, 0.5) is 0 Å². The molecular weight excluding hydrogens is 248 g/mol. The molecule has 0 saturated carbocycles. The highest BCUT2D eigenvalue weighted by atomic mass is 16.5. The Bertz CT molecular complexity index is 529. The average molecular weight is 262 g/mol. The Kier molecular flexibility index (Phi) is 3.86. The second-order valence-electron chi connectivity index (χ2n) is 3.98. The van der Waals surface area contributed by atoms with Crippen molar-refractivity contribution in [2.45, 2.75) is 18.9 Å². The zero-order valence-corrected chi connectivity index (χ0v) is 10.4. The normalized spacial score (nSPS) is 13.9. The molecule has 2 N–H and O–H groups in total. The number of H-pyrrole nitrogens is 1. The lowest BCUT2D eigenvalue weighted by Crippen LogP contribution is -2.42. The van der Waals surface area contributed by atoms with Crippen molar-refractivity contribution in [3.63, 3.8) is 0 Å². The van der Waals surface area contributed by atoms with Crippen LogP contribution in [0, 0.1) is 0 Å². The molecule has 1 unspecified atom stereocenters. The van der Waals surface area contributed by atoms with Crippen LogP contribution in [-0.4, -0.2) is 38.3 Å². The number of rotatable bonds is 6. The van der Waals surface area contributed by atoms with Crippen LogP contribution in [0.15, 0.2) is 30.3 Å². The number of carbonyl (C=O) groups is 1. The number of aromatic nitrogens is 4. The van der Waals surface area contributed by atoms with Crippen LogP contribution in [0.3, 0.4) is 0 Å². The Morgan fingerprint density at radius 2 is 2.16 bits per heavy atom. The van der Waals surface area contributed by atoms with E-state index < -0.39 is 11.6 Å². The van der Waals surface area contributed by atoms with Crippen LogP contribution < -0.4 is 0 Å². The maximum absolute atomic E-state index is 11.7. The lowest BCUT2D eigenvalue weighted by atomic mass is 9.93. The third-order valence-electron chi connectivity index (χ3n) is 2.76. The predicted octanol–water partition coefficient (Wildman–Crippen LogP) is 0.759. The van der Waals surface area contributed by atoms with Crippen molar-refractivity contribution < 1.29 is 14.6 Å². The first-order valence-corrected chi connectivity index (χ1v) is 5.84. The van der Waals surface area contributed by atoms with Gasteiger partial charge in [0.05, 0.1) is 0 Å². The maximum Gasteiger partial charge on any atom is 0.344 e. The van der Waals surface area contributed by atoms with Crippen LogP contribution >= 0.6 is 0 Å². The van der Waals surface area contributed by atoms with Gasteiger partial charge in [-0.15, -0.1) is 5.10 Å². The molecule has 100 valence electrons. The molecular formula is C12H14N4O3. The highest BCUT2D eigenvalue weighted by molar-refractivity contribution is 5.78. The van der Waals surface area contributed by atoms with Crippen molar-refractivity contribution in [1.29, 1.82) is 0 Å². The first-order valence-electron chi connectivity index (χ1n) is 5.84. The SMILES string of the molecule is CCOC(Cc1ccccc1)(C(=O)O)c1nnn[nH]1. The van der Waals surface area contributed by atoms with Crippen LogP contribution in [0.25, 0.3) is 0 Å². The molecule has 7 heteroatoms. The van der Waals surface area contributed by atoms with E-state index in [0.29, 0.717) is 0 Å². The minimum absolute atomic E-state index is 0.0886. The van der Waals surface area contributed by atoms with Crippen molar-refractivity contribution in [2.75, 3.05) is 6.61 Å². The van der Waals surface area contributed by atoms with Crippen molar-refractivity contribution >= 4 is 5.97 Å². The summed E-state index contributed by atoms with van der Waals surface area (Å²) < 4.78 is 5.47. The third kappa shape index (κ3) is 2.60. The van der Waals surface area contributed by atoms with E-state index in [1.807, 2.05) is 30.3 Å². The molecule has 1 aromatic carbocycles. The summed E-state index contributed by atoms with van der Waals surface area (Å²) in [5.41, 5.74) is -0.769. The molecule has 0 saturated heterocycles. The van der Waals surface area contributed by atoms with Gasteiger partial charge in [-0.2, -0.15) is 0 Å². The highest BCUT2D eigenvalue weighted by Crippen LogP contribution is 2.27. The van der Waals surface area contributed by atoms with Crippen molar-refractivity contribution in [1.82, 2.24) is 20.6 Å². The summed E-state index contributed by atoms with van der Waals surface area (Å²) >= 11 is 0. The van der Waals surface area contributed by atoms with Gasteiger partial charge in [-0.3, -0.25) is 0 Å². The van der Waals surface area contributed by atoms with Gasteiger partial charge in [-0.25, -0.2) is 9.89 Å². The van der Waals surface area contributed by atoms with E-state index in [2.05, 4.69) is 20.6 Å². The molecule has 0 aliphatic heterocycles. The second kappa shape index (κ2) is 5.57. The molecule has 0 radical (unpaired) electrons. The third-order valence-corrected chi connectivity index (χ3v) is 2.76. The Balaban J connectivity index is 2.41. The van der Waals surface area contributed by atoms with E-state index in [1.54, 1.807) is 6.92 Å². The molecule has 19 heavy (non-hydrogen) atoms. The molecule has 0 aliphatic rings. The zero-order valence-electron chi connectivity index (χ0n) is 10.4.